The van der Waals surface area contributed by atoms with Gasteiger partial charge in [0.15, 0.2) is 5.78 Å². The lowest BCUT2D eigenvalue weighted by Crippen LogP contribution is -1.95. The van der Waals surface area contributed by atoms with Gasteiger partial charge in [0.05, 0.1) is 7.11 Å². The van der Waals surface area contributed by atoms with Gasteiger partial charge in [-0.3, -0.25) is 4.79 Å². The summed E-state index contributed by atoms with van der Waals surface area (Å²) in [5.74, 6) is 0.701. The SMILES string of the molecule is COc1ccc2c(c1)C(=O)c1cc(Cl)ccc1-2. The highest BCUT2D eigenvalue weighted by Gasteiger charge is 2.26. The van der Waals surface area contributed by atoms with Crippen molar-refractivity contribution in [2.24, 2.45) is 0 Å². The van der Waals surface area contributed by atoms with Crippen molar-refractivity contribution in [2.75, 3.05) is 7.11 Å². The van der Waals surface area contributed by atoms with Crippen LogP contribution in [0.2, 0.25) is 5.02 Å². The third-order valence-corrected chi connectivity index (χ3v) is 3.22. The average Bonchev–Trinajstić information content (AvgIpc) is 2.62. The van der Waals surface area contributed by atoms with E-state index in [9.17, 15) is 4.79 Å². The van der Waals surface area contributed by atoms with Gasteiger partial charge in [-0.15, -0.1) is 0 Å². The van der Waals surface area contributed by atoms with Crippen molar-refractivity contribution in [1.29, 1.82) is 0 Å². The van der Waals surface area contributed by atoms with Crippen molar-refractivity contribution in [2.45, 2.75) is 0 Å². The lowest BCUT2D eigenvalue weighted by molar-refractivity contribution is 0.104. The van der Waals surface area contributed by atoms with Gasteiger partial charge in [-0.2, -0.15) is 0 Å². The van der Waals surface area contributed by atoms with Crippen molar-refractivity contribution in [3.8, 4) is 16.9 Å². The molecule has 0 spiro atoms. The van der Waals surface area contributed by atoms with Crippen LogP contribution < -0.4 is 4.74 Å². The van der Waals surface area contributed by atoms with E-state index >= 15 is 0 Å². The van der Waals surface area contributed by atoms with Crippen molar-refractivity contribution in [3.63, 3.8) is 0 Å². The minimum Gasteiger partial charge on any atom is -0.497 e. The van der Waals surface area contributed by atoms with E-state index in [4.69, 9.17) is 16.3 Å². The molecule has 0 unspecified atom stereocenters. The first-order valence-electron chi connectivity index (χ1n) is 5.23. The van der Waals surface area contributed by atoms with Crippen LogP contribution in [0.1, 0.15) is 15.9 Å². The summed E-state index contributed by atoms with van der Waals surface area (Å²) in [6.07, 6.45) is 0. The van der Waals surface area contributed by atoms with Gasteiger partial charge in [0.25, 0.3) is 0 Å². The zero-order chi connectivity index (χ0) is 12.0. The summed E-state index contributed by atoms with van der Waals surface area (Å²) in [7, 11) is 1.59. The first-order valence-corrected chi connectivity index (χ1v) is 5.61. The minimum atomic E-state index is 0.0106. The molecule has 17 heavy (non-hydrogen) atoms. The van der Waals surface area contributed by atoms with E-state index in [2.05, 4.69) is 0 Å². The van der Waals surface area contributed by atoms with Crippen molar-refractivity contribution in [3.05, 3.63) is 52.5 Å². The van der Waals surface area contributed by atoms with Crippen LogP contribution in [0.25, 0.3) is 11.1 Å². The lowest BCUT2D eigenvalue weighted by Gasteiger charge is -2.02. The summed E-state index contributed by atoms with van der Waals surface area (Å²) in [5, 5.41) is 0.580. The Morgan fingerprint density at radius 1 is 0.941 bits per heavy atom. The summed E-state index contributed by atoms with van der Waals surface area (Å²) in [6.45, 7) is 0. The maximum Gasteiger partial charge on any atom is 0.194 e. The first kappa shape index (κ1) is 10.4. The Morgan fingerprint density at radius 3 is 2.29 bits per heavy atom. The lowest BCUT2D eigenvalue weighted by atomic mass is 10.1. The van der Waals surface area contributed by atoms with Gasteiger partial charge < -0.3 is 4.74 Å². The van der Waals surface area contributed by atoms with Gasteiger partial charge in [0.1, 0.15) is 5.75 Å². The Bertz CT molecular complexity index is 632. The normalized spacial score (nSPS) is 12.2. The molecule has 0 radical (unpaired) electrons. The highest BCUT2D eigenvalue weighted by atomic mass is 35.5. The number of hydrogen-bond donors (Lipinski definition) is 0. The predicted octanol–water partition coefficient (Wildman–Crippen LogP) is 3.56. The molecule has 0 saturated carbocycles. The van der Waals surface area contributed by atoms with Crippen LogP contribution in [-0.4, -0.2) is 12.9 Å². The fraction of sp³-hybridized carbons (Fsp3) is 0.0714. The van der Waals surface area contributed by atoms with E-state index in [1.54, 1.807) is 25.3 Å². The second-order valence-electron chi connectivity index (χ2n) is 3.93. The third kappa shape index (κ3) is 1.45. The van der Waals surface area contributed by atoms with Crippen molar-refractivity contribution in [1.82, 2.24) is 0 Å². The van der Waals surface area contributed by atoms with E-state index in [0.717, 1.165) is 11.1 Å². The molecule has 3 heteroatoms. The van der Waals surface area contributed by atoms with E-state index in [-0.39, 0.29) is 5.78 Å². The van der Waals surface area contributed by atoms with Crippen LogP contribution in [0, 0.1) is 0 Å². The standard InChI is InChI=1S/C14H9ClO2/c1-17-9-3-5-11-10-4-2-8(15)6-12(10)14(16)13(11)7-9/h2-7H,1H3. The molecule has 1 aliphatic rings. The van der Waals surface area contributed by atoms with Crippen LogP contribution in [-0.2, 0) is 0 Å². The first-order chi connectivity index (χ1) is 8.20. The number of rotatable bonds is 1. The monoisotopic (exact) mass is 244 g/mol. The number of benzene rings is 2. The second kappa shape index (κ2) is 3.60. The number of fused-ring (bicyclic) bond motifs is 3. The summed E-state index contributed by atoms with van der Waals surface area (Å²) in [6, 6.07) is 10.9. The molecule has 0 aromatic heterocycles. The fourth-order valence-corrected chi connectivity index (χ4v) is 2.33. The van der Waals surface area contributed by atoms with Crippen LogP contribution in [0.3, 0.4) is 0 Å². The van der Waals surface area contributed by atoms with E-state index in [1.165, 1.54) is 0 Å². The Hall–Kier alpha value is -1.80. The highest BCUT2D eigenvalue weighted by Crippen LogP contribution is 2.39. The number of halogens is 1. The van der Waals surface area contributed by atoms with Gasteiger partial charge in [-0.1, -0.05) is 17.7 Å². The fourth-order valence-electron chi connectivity index (χ4n) is 2.16. The molecule has 0 amide bonds. The van der Waals surface area contributed by atoms with Crippen molar-refractivity contribution < 1.29 is 9.53 Å². The molecule has 0 aliphatic heterocycles. The van der Waals surface area contributed by atoms with Crippen LogP contribution in [0.4, 0.5) is 0 Å². The summed E-state index contributed by atoms with van der Waals surface area (Å²) in [5.41, 5.74) is 3.24. The molecule has 0 N–H and O–H groups in total. The molecule has 2 aromatic rings. The van der Waals surface area contributed by atoms with E-state index in [0.29, 0.717) is 21.9 Å². The average molecular weight is 245 g/mol. The molecule has 0 fully saturated rings. The van der Waals surface area contributed by atoms with Gasteiger partial charge in [-0.25, -0.2) is 0 Å². The molecular formula is C14H9ClO2. The predicted molar refractivity (Wildman–Crippen MR) is 66.9 cm³/mol. The number of carbonyl (C=O) groups excluding carboxylic acids is 1. The Balaban J connectivity index is 2.27. The molecule has 2 nitrogen and oxygen atoms in total. The zero-order valence-corrected chi connectivity index (χ0v) is 9.91. The van der Waals surface area contributed by atoms with Crippen LogP contribution in [0.15, 0.2) is 36.4 Å². The Labute approximate surface area is 104 Å². The number of carbonyl (C=O) groups is 1. The van der Waals surface area contributed by atoms with E-state index in [1.807, 2.05) is 18.2 Å². The van der Waals surface area contributed by atoms with Crippen molar-refractivity contribution >= 4 is 17.4 Å². The maximum atomic E-state index is 12.2. The molecule has 84 valence electrons. The molecule has 1 aliphatic carbocycles. The van der Waals surface area contributed by atoms with Gasteiger partial charge in [-0.05, 0) is 41.5 Å². The quantitative estimate of drug-likeness (QED) is 0.654. The summed E-state index contributed by atoms with van der Waals surface area (Å²) in [4.78, 5) is 12.2. The molecule has 3 rings (SSSR count). The molecule has 0 atom stereocenters. The number of methoxy groups -OCH3 is 1. The Kier molecular flexibility index (Phi) is 2.20. The van der Waals surface area contributed by atoms with E-state index < -0.39 is 0 Å². The maximum absolute atomic E-state index is 12.2. The molecule has 2 aromatic carbocycles. The highest BCUT2D eigenvalue weighted by molar-refractivity contribution is 6.32. The Morgan fingerprint density at radius 2 is 1.59 bits per heavy atom. The van der Waals surface area contributed by atoms with Crippen LogP contribution >= 0.6 is 11.6 Å². The minimum absolute atomic E-state index is 0.0106. The second-order valence-corrected chi connectivity index (χ2v) is 4.37. The topological polar surface area (TPSA) is 26.3 Å². The van der Waals surface area contributed by atoms with Gasteiger partial charge >= 0.3 is 0 Å². The summed E-state index contributed by atoms with van der Waals surface area (Å²) >= 11 is 5.91. The number of hydrogen-bond acceptors (Lipinski definition) is 2. The zero-order valence-electron chi connectivity index (χ0n) is 9.16. The number of ketones is 1. The number of ether oxygens (including phenoxy) is 1. The third-order valence-electron chi connectivity index (χ3n) is 2.99. The molecule has 0 saturated heterocycles. The van der Waals surface area contributed by atoms with Crippen LogP contribution in [0.5, 0.6) is 5.75 Å². The molecule has 0 bridgehead atoms. The largest absolute Gasteiger partial charge is 0.497 e. The smallest absolute Gasteiger partial charge is 0.194 e. The van der Waals surface area contributed by atoms with Gasteiger partial charge in [0, 0.05) is 16.1 Å². The summed E-state index contributed by atoms with van der Waals surface area (Å²) < 4.78 is 5.13. The molecule has 0 heterocycles. The molecular weight excluding hydrogens is 236 g/mol. The van der Waals surface area contributed by atoms with Gasteiger partial charge in [0.2, 0.25) is 0 Å².